The molecule has 0 fully saturated rings. The van der Waals surface area contributed by atoms with Gasteiger partial charge in [-0.25, -0.2) is 16.8 Å². The first kappa shape index (κ1) is 25.8. The van der Waals surface area contributed by atoms with Gasteiger partial charge in [0, 0.05) is 25.3 Å². The van der Waals surface area contributed by atoms with Crippen molar-refractivity contribution in [3.8, 4) is 11.5 Å². The van der Waals surface area contributed by atoms with Crippen molar-refractivity contribution in [2.75, 3.05) is 36.6 Å². The number of sulfonamides is 1. The number of fused-ring (bicyclic) bond motifs is 1. The van der Waals surface area contributed by atoms with E-state index in [1.807, 2.05) is 6.92 Å². The van der Waals surface area contributed by atoms with Gasteiger partial charge in [0.05, 0.1) is 22.9 Å². The Kier molecular flexibility index (Phi) is 8.09. The molecule has 186 valence electrons. The molecular weight excluding hydrogens is 480 g/mol. The summed E-state index contributed by atoms with van der Waals surface area (Å²) in [5.74, 6) is 0.843. The van der Waals surface area contributed by atoms with E-state index in [1.54, 1.807) is 30.3 Å². The number of ether oxygens (including phenoxy) is 2. The fourth-order valence-corrected chi connectivity index (χ4v) is 5.28. The van der Waals surface area contributed by atoms with Crippen molar-refractivity contribution in [1.29, 1.82) is 0 Å². The lowest BCUT2D eigenvalue weighted by Gasteiger charge is -2.25. The zero-order valence-electron chi connectivity index (χ0n) is 19.5. The van der Waals surface area contributed by atoms with Crippen LogP contribution in [0.2, 0.25) is 0 Å². The molecule has 0 spiro atoms. The van der Waals surface area contributed by atoms with E-state index in [-0.39, 0.29) is 29.8 Å². The van der Waals surface area contributed by atoms with Crippen LogP contribution in [0.3, 0.4) is 0 Å². The molecular formula is C23H30N2O7S2. The number of benzene rings is 2. The van der Waals surface area contributed by atoms with E-state index in [4.69, 9.17) is 9.47 Å². The second-order valence-corrected chi connectivity index (χ2v) is 12.1. The minimum absolute atomic E-state index is 0.131. The molecule has 0 saturated carbocycles. The maximum atomic E-state index is 12.6. The van der Waals surface area contributed by atoms with Crippen molar-refractivity contribution in [2.45, 2.75) is 37.1 Å². The highest BCUT2D eigenvalue weighted by atomic mass is 32.2. The summed E-state index contributed by atoms with van der Waals surface area (Å²) < 4.78 is 60.4. The molecule has 0 bridgehead atoms. The summed E-state index contributed by atoms with van der Waals surface area (Å²) in [7, 11) is -6.86. The molecule has 1 heterocycles. The Labute approximate surface area is 201 Å². The SMILES string of the molecule is CC[C@@H](NC(=O)CCCN(c1ccc2c(c1)OCCO2)S(C)(=O)=O)c1ccc(S(C)(=O)=O)cc1. The zero-order chi connectivity index (χ0) is 24.9. The predicted octanol–water partition coefficient (Wildman–Crippen LogP) is 2.68. The Morgan fingerprint density at radius 2 is 1.65 bits per heavy atom. The van der Waals surface area contributed by atoms with Gasteiger partial charge in [-0.15, -0.1) is 0 Å². The third-order valence-corrected chi connectivity index (χ3v) is 7.76. The van der Waals surface area contributed by atoms with Crippen molar-refractivity contribution >= 4 is 31.5 Å². The lowest BCUT2D eigenvalue weighted by molar-refractivity contribution is -0.121. The largest absolute Gasteiger partial charge is 0.486 e. The molecule has 9 nitrogen and oxygen atoms in total. The molecule has 2 aromatic rings. The first-order chi connectivity index (χ1) is 16.0. The van der Waals surface area contributed by atoms with Crippen molar-refractivity contribution in [1.82, 2.24) is 5.32 Å². The van der Waals surface area contributed by atoms with Gasteiger partial charge in [0.1, 0.15) is 13.2 Å². The third kappa shape index (κ3) is 6.63. The van der Waals surface area contributed by atoms with Gasteiger partial charge in [0.15, 0.2) is 21.3 Å². The topological polar surface area (TPSA) is 119 Å². The molecule has 34 heavy (non-hydrogen) atoms. The van der Waals surface area contributed by atoms with Crippen molar-refractivity contribution in [3.05, 3.63) is 48.0 Å². The van der Waals surface area contributed by atoms with Gasteiger partial charge in [-0.2, -0.15) is 0 Å². The summed E-state index contributed by atoms with van der Waals surface area (Å²) in [6.07, 6.45) is 3.34. The number of nitrogens with zero attached hydrogens (tertiary/aromatic N) is 1. The van der Waals surface area contributed by atoms with Crippen molar-refractivity contribution in [3.63, 3.8) is 0 Å². The monoisotopic (exact) mass is 510 g/mol. The quantitative estimate of drug-likeness (QED) is 0.522. The molecule has 1 aliphatic rings. The van der Waals surface area contributed by atoms with Crippen LogP contribution in [-0.2, 0) is 24.7 Å². The predicted molar refractivity (Wildman–Crippen MR) is 130 cm³/mol. The summed E-state index contributed by atoms with van der Waals surface area (Å²) >= 11 is 0. The highest BCUT2D eigenvalue weighted by Crippen LogP contribution is 2.34. The fourth-order valence-electron chi connectivity index (χ4n) is 3.69. The molecule has 1 N–H and O–H groups in total. The standard InChI is InChI=1S/C23H30N2O7S2/c1-4-20(17-7-10-19(11-8-17)33(2,27)28)24-23(26)6-5-13-25(34(3,29)30)18-9-12-21-22(16-18)32-15-14-31-21/h7-12,16,20H,4-6,13-15H2,1-3H3,(H,24,26)/t20-/m1/s1. The Morgan fingerprint density at radius 3 is 2.24 bits per heavy atom. The minimum atomic E-state index is -3.57. The van der Waals surface area contributed by atoms with Gasteiger partial charge in [0.2, 0.25) is 15.9 Å². The molecule has 0 unspecified atom stereocenters. The van der Waals surface area contributed by atoms with E-state index in [0.29, 0.717) is 43.2 Å². The minimum Gasteiger partial charge on any atom is -0.486 e. The summed E-state index contributed by atoms with van der Waals surface area (Å²) in [4.78, 5) is 12.8. The van der Waals surface area contributed by atoms with Crippen LogP contribution in [0.4, 0.5) is 5.69 Å². The van der Waals surface area contributed by atoms with Crippen molar-refractivity contribution < 1.29 is 31.1 Å². The number of anilines is 1. The lowest BCUT2D eigenvalue weighted by Crippen LogP contribution is -2.33. The highest BCUT2D eigenvalue weighted by molar-refractivity contribution is 7.92. The Hall–Kier alpha value is -2.79. The smallest absolute Gasteiger partial charge is 0.232 e. The van der Waals surface area contributed by atoms with E-state index < -0.39 is 19.9 Å². The van der Waals surface area contributed by atoms with Crippen molar-refractivity contribution in [2.24, 2.45) is 0 Å². The molecule has 1 aliphatic heterocycles. The molecule has 2 aromatic carbocycles. The lowest BCUT2D eigenvalue weighted by atomic mass is 10.0. The summed E-state index contributed by atoms with van der Waals surface area (Å²) in [6, 6.07) is 11.1. The molecule has 0 saturated heterocycles. The van der Waals surface area contributed by atoms with E-state index >= 15 is 0 Å². The second-order valence-electron chi connectivity index (χ2n) is 8.14. The van der Waals surface area contributed by atoms with Crippen LogP contribution < -0.4 is 19.1 Å². The molecule has 0 aliphatic carbocycles. The number of amides is 1. The van der Waals surface area contributed by atoms with E-state index in [2.05, 4.69) is 5.32 Å². The first-order valence-corrected chi connectivity index (χ1v) is 14.7. The average molecular weight is 511 g/mol. The fraction of sp³-hybridized carbons (Fsp3) is 0.435. The molecule has 0 radical (unpaired) electrons. The van der Waals surface area contributed by atoms with E-state index in [0.717, 1.165) is 18.1 Å². The van der Waals surface area contributed by atoms with Crippen LogP contribution in [-0.4, -0.2) is 55.0 Å². The highest BCUT2D eigenvalue weighted by Gasteiger charge is 2.21. The third-order valence-electron chi connectivity index (χ3n) is 5.43. The number of hydrogen-bond donors (Lipinski definition) is 1. The number of sulfone groups is 1. The number of nitrogens with one attached hydrogen (secondary N) is 1. The Bertz CT molecular complexity index is 1230. The molecule has 11 heteroatoms. The maximum Gasteiger partial charge on any atom is 0.232 e. The van der Waals surface area contributed by atoms with Gasteiger partial charge < -0.3 is 14.8 Å². The number of hydrogen-bond acceptors (Lipinski definition) is 7. The molecule has 3 rings (SSSR count). The molecule has 1 amide bonds. The normalized spacial score (nSPS) is 14.3. The Balaban J connectivity index is 1.61. The molecule has 1 atom stereocenters. The number of rotatable bonds is 10. The second kappa shape index (κ2) is 10.6. The summed E-state index contributed by atoms with van der Waals surface area (Å²) in [6.45, 7) is 2.89. The van der Waals surface area contributed by atoms with Crippen LogP contribution in [0.15, 0.2) is 47.4 Å². The van der Waals surface area contributed by atoms with Crippen LogP contribution in [0.5, 0.6) is 11.5 Å². The first-order valence-electron chi connectivity index (χ1n) is 11.0. The van der Waals surface area contributed by atoms with Gasteiger partial charge in [0.25, 0.3) is 0 Å². The summed E-state index contributed by atoms with van der Waals surface area (Å²) in [5, 5.41) is 2.94. The number of carbonyl (C=O) groups is 1. The van der Waals surface area contributed by atoms with E-state index in [9.17, 15) is 21.6 Å². The van der Waals surface area contributed by atoms with E-state index in [1.165, 1.54) is 16.4 Å². The average Bonchev–Trinajstić information content (AvgIpc) is 2.78. The van der Waals surface area contributed by atoms with Crippen LogP contribution in [0.1, 0.15) is 37.8 Å². The van der Waals surface area contributed by atoms with Gasteiger partial charge in [-0.05, 0) is 42.7 Å². The maximum absolute atomic E-state index is 12.6. The zero-order valence-corrected chi connectivity index (χ0v) is 21.1. The van der Waals surface area contributed by atoms with Gasteiger partial charge in [-0.1, -0.05) is 19.1 Å². The van der Waals surface area contributed by atoms with Gasteiger partial charge >= 0.3 is 0 Å². The van der Waals surface area contributed by atoms with Gasteiger partial charge in [-0.3, -0.25) is 9.10 Å². The number of carbonyl (C=O) groups excluding carboxylic acids is 1. The van der Waals surface area contributed by atoms with Crippen LogP contribution in [0.25, 0.3) is 0 Å². The molecule has 0 aromatic heterocycles. The van der Waals surface area contributed by atoms with Crippen LogP contribution in [0, 0.1) is 0 Å². The Morgan fingerprint density at radius 1 is 1.00 bits per heavy atom. The summed E-state index contributed by atoms with van der Waals surface area (Å²) in [5.41, 5.74) is 1.25. The van der Waals surface area contributed by atoms with Crippen LogP contribution >= 0.6 is 0 Å².